The van der Waals surface area contributed by atoms with Crippen LogP contribution in [0, 0.1) is 6.92 Å². The molecule has 7 heteroatoms. The van der Waals surface area contributed by atoms with Crippen LogP contribution in [0.15, 0.2) is 60.7 Å². The van der Waals surface area contributed by atoms with Crippen LogP contribution in [0.2, 0.25) is 0 Å². The van der Waals surface area contributed by atoms with Gasteiger partial charge < -0.3 is 5.32 Å². The summed E-state index contributed by atoms with van der Waals surface area (Å²) in [6.07, 6.45) is 0.551. The molecule has 0 spiro atoms. The third-order valence-corrected chi connectivity index (χ3v) is 5.21. The van der Waals surface area contributed by atoms with E-state index in [4.69, 9.17) is 0 Å². The zero-order valence-corrected chi connectivity index (χ0v) is 16.1. The Bertz CT molecular complexity index is 838. The quantitative estimate of drug-likeness (QED) is 0.577. The molecule has 0 aliphatic carbocycles. The molecular weight excluding hydrogens is 358 g/mol. The minimum Gasteiger partial charge on any atom is -0.353 e. The molecule has 140 valence electrons. The maximum Gasteiger partial charge on any atom is 0.245 e. The Hall–Kier alpha value is -2.67. The van der Waals surface area contributed by atoms with Gasteiger partial charge in [-0.1, -0.05) is 60.7 Å². The predicted octanol–water partition coefficient (Wildman–Crippen LogP) is 2.81. The van der Waals surface area contributed by atoms with Crippen LogP contribution in [0.1, 0.15) is 23.0 Å². The van der Waals surface area contributed by atoms with Gasteiger partial charge in [0.2, 0.25) is 5.91 Å². The van der Waals surface area contributed by atoms with Gasteiger partial charge in [-0.25, -0.2) is 4.68 Å². The van der Waals surface area contributed by atoms with Crippen LogP contribution in [0.3, 0.4) is 0 Å². The van der Waals surface area contributed by atoms with Gasteiger partial charge in [-0.05, 0) is 28.5 Å². The van der Waals surface area contributed by atoms with Crippen molar-refractivity contribution in [1.29, 1.82) is 0 Å². The fourth-order valence-electron chi connectivity index (χ4n) is 2.78. The highest BCUT2D eigenvalue weighted by atomic mass is 32.2. The highest BCUT2D eigenvalue weighted by Crippen LogP contribution is 2.15. The molecule has 6 nitrogen and oxygen atoms in total. The van der Waals surface area contributed by atoms with Gasteiger partial charge >= 0.3 is 0 Å². The van der Waals surface area contributed by atoms with Crippen LogP contribution in [0.25, 0.3) is 0 Å². The van der Waals surface area contributed by atoms with Crippen molar-refractivity contribution in [2.24, 2.45) is 0 Å². The molecular formula is C20H23N5OS. The fraction of sp³-hybridized carbons (Fsp3) is 0.300. The molecule has 1 atom stereocenters. The maximum absolute atomic E-state index is 12.8. The molecule has 0 radical (unpaired) electrons. The van der Waals surface area contributed by atoms with Gasteiger partial charge in [0.25, 0.3) is 0 Å². The van der Waals surface area contributed by atoms with Crippen molar-refractivity contribution >= 4 is 17.7 Å². The van der Waals surface area contributed by atoms with Gasteiger partial charge in [-0.3, -0.25) is 4.79 Å². The van der Waals surface area contributed by atoms with E-state index >= 15 is 0 Å². The van der Waals surface area contributed by atoms with Crippen LogP contribution >= 0.6 is 11.8 Å². The number of carbonyl (C=O) groups is 1. The number of amides is 1. The summed E-state index contributed by atoms with van der Waals surface area (Å²) in [5.74, 6) is 2.36. The molecule has 0 aliphatic rings. The predicted molar refractivity (Wildman–Crippen MR) is 107 cm³/mol. The number of hydrogen-bond acceptors (Lipinski definition) is 5. The molecule has 1 unspecified atom stereocenters. The van der Waals surface area contributed by atoms with Gasteiger partial charge in [0.15, 0.2) is 0 Å². The first kappa shape index (κ1) is 19.1. The van der Waals surface area contributed by atoms with E-state index in [0.717, 1.165) is 17.1 Å². The van der Waals surface area contributed by atoms with Crippen LogP contribution < -0.4 is 5.32 Å². The molecule has 1 aromatic heterocycles. The summed E-state index contributed by atoms with van der Waals surface area (Å²) >= 11 is 1.80. The van der Waals surface area contributed by atoms with E-state index in [9.17, 15) is 4.79 Å². The highest BCUT2D eigenvalue weighted by Gasteiger charge is 2.23. The van der Waals surface area contributed by atoms with Crippen molar-refractivity contribution in [2.45, 2.75) is 25.1 Å². The second kappa shape index (κ2) is 9.87. The molecule has 3 rings (SSSR count). The average molecular weight is 382 g/mol. The Morgan fingerprint density at radius 1 is 1.07 bits per heavy atom. The summed E-state index contributed by atoms with van der Waals surface area (Å²) in [7, 11) is 0. The van der Waals surface area contributed by atoms with Crippen molar-refractivity contribution < 1.29 is 4.79 Å². The van der Waals surface area contributed by atoms with Crippen LogP contribution in [-0.2, 0) is 17.0 Å². The second-order valence-electron chi connectivity index (χ2n) is 6.21. The number of nitrogens with zero attached hydrogens (tertiary/aromatic N) is 4. The molecule has 1 heterocycles. The van der Waals surface area contributed by atoms with Gasteiger partial charge in [0.1, 0.15) is 11.9 Å². The van der Waals surface area contributed by atoms with Gasteiger partial charge in [0.05, 0.1) is 0 Å². The molecule has 0 bridgehead atoms. The molecule has 0 saturated heterocycles. The average Bonchev–Trinajstić information content (AvgIpc) is 3.13. The zero-order chi connectivity index (χ0) is 18.9. The van der Waals surface area contributed by atoms with Crippen LogP contribution in [0.5, 0.6) is 0 Å². The molecule has 27 heavy (non-hydrogen) atoms. The van der Waals surface area contributed by atoms with E-state index in [0.29, 0.717) is 18.8 Å². The topological polar surface area (TPSA) is 72.7 Å². The van der Waals surface area contributed by atoms with Gasteiger partial charge in [0, 0.05) is 24.5 Å². The SMILES string of the molecule is Cc1nnnn1C(Cc1ccccc1)C(=O)NCCSCc1ccccc1. The molecule has 1 N–H and O–H groups in total. The van der Waals surface area contributed by atoms with E-state index < -0.39 is 6.04 Å². The van der Waals surface area contributed by atoms with E-state index in [2.05, 4.69) is 33.0 Å². The Kier molecular flexibility index (Phi) is 6.98. The Balaban J connectivity index is 1.54. The Morgan fingerprint density at radius 2 is 1.74 bits per heavy atom. The van der Waals surface area contributed by atoms with Gasteiger partial charge in [-0.2, -0.15) is 11.8 Å². The van der Waals surface area contributed by atoms with Crippen LogP contribution in [0.4, 0.5) is 0 Å². The minimum absolute atomic E-state index is 0.0606. The Labute approximate surface area is 163 Å². The van der Waals surface area contributed by atoms with E-state index in [1.54, 1.807) is 23.4 Å². The van der Waals surface area contributed by atoms with Crippen molar-refractivity contribution in [2.75, 3.05) is 12.3 Å². The molecule has 0 saturated carbocycles. The number of thioether (sulfide) groups is 1. The summed E-state index contributed by atoms with van der Waals surface area (Å²) in [5.41, 5.74) is 2.37. The minimum atomic E-state index is -0.457. The molecule has 2 aromatic carbocycles. The summed E-state index contributed by atoms with van der Waals surface area (Å²) < 4.78 is 1.60. The molecule has 0 fully saturated rings. The lowest BCUT2D eigenvalue weighted by molar-refractivity contribution is -0.124. The van der Waals surface area contributed by atoms with E-state index in [-0.39, 0.29) is 5.91 Å². The number of benzene rings is 2. The first-order valence-corrected chi connectivity index (χ1v) is 10.1. The zero-order valence-electron chi connectivity index (χ0n) is 15.3. The number of nitrogens with one attached hydrogen (secondary N) is 1. The largest absolute Gasteiger partial charge is 0.353 e. The number of tetrazole rings is 1. The third-order valence-electron chi connectivity index (χ3n) is 4.18. The lowest BCUT2D eigenvalue weighted by atomic mass is 10.1. The van der Waals surface area contributed by atoms with E-state index in [1.165, 1.54) is 5.56 Å². The number of carbonyl (C=O) groups excluding carboxylic acids is 1. The number of aryl methyl sites for hydroxylation is 1. The van der Waals surface area contributed by atoms with Crippen molar-refractivity contribution in [3.8, 4) is 0 Å². The highest BCUT2D eigenvalue weighted by molar-refractivity contribution is 7.98. The van der Waals surface area contributed by atoms with Crippen molar-refractivity contribution in [1.82, 2.24) is 25.5 Å². The lowest BCUT2D eigenvalue weighted by Crippen LogP contribution is -2.36. The standard InChI is InChI=1S/C20H23N5OS/c1-16-22-23-24-25(16)19(14-17-8-4-2-5-9-17)20(26)21-12-13-27-15-18-10-6-3-7-11-18/h2-11,19H,12-15H2,1H3,(H,21,26). The first-order chi connectivity index (χ1) is 13.2. The summed E-state index contributed by atoms with van der Waals surface area (Å²) in [6, 6.07) is 19.8. The van der Waals surface area contributed by atoms with E-state index in [1.807, 2.05) is 48.5 Å². The summed E-state index contributed by atoms with van der Waals surface area (Å²) in [5, 5.41) is 14.6. The fourth-order valence-corrected chi connectivity index (χ4v) is 3.60. The molecule has 3 aromatic rings. The lowest BCUT2D eigenvalue weighted by Gasteiger charge is -2.17. The monoisotopic (exact) mass is 381 g/mol. The third kappa shape index (κ3) is 5.65. The van der Waals surface area contributed by atoms with Crippen LogP contribution in [-0.4, -0.2) is 38.4 Å². The number of aromatic nitrogens is 4. The second-order valence-corrected chi connectivity index (χ2v) is 7.31. The van der Waals surface area contributed by atoms with Gasteiger partial charge in [-0.15, -0.1) is 5.10 Å². The molecule has 1 amide bonds. The van der Waals surface area contributed by atoms with Crippen molar-refractivity contribution in [3.63, 3.8) is 0 Å². The smallest absolute Gasteiger partial charge is 0.245 e. The summed E-state index contributed by atoms with van der Waals surface area (Å²) in [4.78, 5) is 12.8. The number of rotatable bonds is 9. The maximum atomic E-state index is 12.8. The Morgan fingerprint density at radius 3 is 2.37 bits per heavy atom. The number of hydrogen-bond donors (Lipinski definition) is 1. The van der Waals surface area contributed by atoms with Crippen molar-refractivity contribution in [3.05, 3.63) is 77.6 Å². The normalized spacial score (nSPS) is 11.9. The summed E-state index contributed by atoms with van der Waals surface area (Å²) in [6.45, 7) is 2.42. The molecule has 0 aliphatic heterocycles. The first-order valence-electron chi connectivity index (χ1n) is 8.92.